The number of anilines is 1. The number of hydrogen-bond donors (Lipinski definition) is 1. The Kier molecular flexibility index (Phi) is 4.52. The van der Waals surface area contributed by atoms with Crippen molar-refractivity contribution in [3.05, 3.63) is 68.7 Å². The average Bonchev–Trinajstić information content (AvgIpc) is 2.41. The minimum Gasteiger partial charge on any atom is -0.379 e. The minimum atomic E-state index is -0.379. The van der Waals surface area contributed by atoms with Gasteiger partial charge < -0.3 is 5.32 Å². The molecule has 0 amide bonds. The van der Waals surface area contributed by atoms with E-state index in [1.165, 1.54) is 11.6 Å². The molecule has 2 aromatic carbocycles. The number of nitro benzene ring substituents is 1. The van der Waals surface area contributed by atoms with Gasteiger partial charge >= 0.3 is 0 Å². The highest BCUT2D eigenvalue weighted by molar-refractivity contribution is 9.10. The summed E-state index contributed by atoms with van der Waals surface area (Å²) in [5.74, 6) is 0. The zero-order valence-corrected chi connectivity index (χ0v) is 11.8. The maximum Gasteiger partial charge on any atom is 0.293 e. The van der Waals surface area contributed by atoms with Gasteiger partial charge in [-0.05, 0) is 24.1 Å². The Morgan fingerprint density at radius 2 is 1.89 bits per heavy atom. The maximum atomic E-state index is 11.0. The number of halogens is 1. The van der Waals surface area contributed by atoms with Gasteiger partial charge in [0.25, 0.3) is 5.69 Å². The summed E-state index contributed by atoms with van der Waals surface area (Å²) in [5.41, 5.74) is 1.83. The predicted octanol–water partition coefficient (Wildman–Crippen LogP) is 4.01. The number of benzene rings is 2. The van der Waals surface area contributed by atoms with Crippen molar-refractivity contribution in [2.75, 3.05) is 11.9 Å². The first-order valence-corrected chi connectivity index (χ1v) is 6.68. The van der Waals surface area contributed by atoms with Gasteiger partial charge in [-0.1, -0.05) is 46.3 Å². The lowest BCUT2D eigenvalue weighted by Crippen LogP contribution is -2.06. The molecule has 0 bridgehead atoms. The molecule has 1 N–H and O–H groups in total. The maximum absolute atomic E-state index is 11.0. The Morgan fingerprint density at radius 1 is 1.16 bits per heavy atom. The van der Waals surface area contributed by atoms with Crippen molar-refractivity contribution in [3.63, 3.8) is 0 Å². The summed E-state index contributed by atoms with van der Waals surface area (Å²) in [7, 11) is 0. The van der Waals surface area contributed by atoms with E-state index in [0.717, 1.165) is 6.42 Å². The molecule has 98 valence electrons. The van der Waals surface area contributed by atoms with Gasteiger partial charge in [0.15, 0.2) is 0 Å². The molecule has 0 saturated carbocycles. The largest absolute Gasteiger partial charge is 0.379 e. The number of nitrogens with zero attached hydrogens (tertiary/aromatic N) is 1. The van der Waals surface area contributed by atoms with Crippen LogP contribution in [0.2, 0.25) is 0 Å². The van der Waals surface area contributed by atoms with Crippen LogP contribution < -0.4 is 5.32 Å². The summed E-state index contributed by atoms with van der Waals surface area (Å²) < 4.78 is 0.702. The molecular weight excluding hydrogens is 308 g/mol. The summed E-state index contributed by atoms with van der Waals surface area (Å²) in [6.07, 6.45) is 0.827. The fraction of sp³-hybridized carbons (Fsp3) is 0.143. The van der Waals surface area contributed by atoms with Crippen LogP contribution in [0.15, 0.2) is 53.0 Å². The molecule has 2 rings (SSSR count). The minimum absolute atomic E-state index is 0.0856. The molecule has 0 heterocycles. The van der Waals surface area contributed by atoms with Crippen LogP contribution in [0.4, 0.5) is 11.4 Å². The summed E-state index contributed by atoms with van der Waals surface area (Å²) in [4.78, 5) is 10.6. The number of nitrogens with one attached hydrogen (secondary N) is 1. The third-order valence-corrected chi connectivity index (χ3v) is 3.22. The fourth-order valence-electron chi connectivity index (χ4n) is 1.79. The second kappa shape index (κ2) is 6.33. The first-order valence-electron chi connectivity index (χ1n) is 5.88. The quantitative estimate of drug-likeness (QED) is 0.669. The van der Waals surface area contributed by atoms with Crippen LogP contribution in [0.5, 0.6) is 0 Å². The standard InChI is InChI=1S/C14H13BrN2O2/c15-12-6-7-13(14(10-12)17(18)19)16-9-8-11-4-2-1-3-5-11/h1-7,10,16H,8-9H2. The summed E-state index contributed by atoms with van der Waals surface area (Å²) in [6, 6.07) is 15.0. The van der Waals surface area contributed by atoms with Crippen LogP contribution in [-0.2, 0) is 6.42 Å². The molecule has 0 fully saturated rings. The van der Waals surface area contributed by atoms with Crippen LogP contribution in [-0.4, -0.2) is 11.5 Å². The number of hydrogen-bond acceptors (Lipinski definition) is 3. The van der Waals surface area contributed by atoms with Gasteiger partial charge in [0.2, 0.25) is 0 Å². The second-order valence-electron chi connectivity index (χ2n) is 4.08. The third kappa shape index (κ3) is 3.79. The summed E-state index contributed by atoms with van der Waals surface area (Å²) in [5, 5.41) is 14.1. The van der Waals surface area contributed by atoms with E-state index in [2.05, 4.69) is 21.2 Å². The number of rotatable bonds is 5. The normalized spacial score (nSPS) is 10.2. The zero-order valence-electron chi connectivity index (χ0n) is 10.2. The van der Waals surface area contributed by atoms with E-state index in [-0.39, 0.29) is 10.6 Å². The van der Waals surface area contributed by atoms with E-state index in [1.54, 1.807) is 12.1 Å². The molecule has 0 atom stereocenters. The van der Waals surface area contributed by atoms with E-state index in [1.807, 2.05) is 30.3 Å². The van der Waals surface area contributed by atoms with Gasteiger partial charge in [0, 0.05) is 17.1 Å². The average molecular weight is 321 g/mol. The lowest BCUT2D eigenvalue weighted by molar-refractivity contribution is -0.384. The lowest BCUT2D eigenvalue weighted by atomic mass is 10.1. The van der Waals surface area contributed by atoms with Crippen LogP contribution in [0.3, 0.4) is 0 Å². The Balaban J connectivity index is 2.02. The molecule has 0 spiro atoms. The van der Waals surface area contributed by atoms with Gasteiger partial charge in [0.1, 0.15) is 5.69 Å². The lowest BCUT2D eigenvalue weighted by Gasteiger charge is -2.07. The molecule has 0 aliphatic carbocycles. The molecule has 5 heteroatoms. The topological polar surface area (TPSA) is 55.2 Å². The molecule has 19 heavy (non-hydrogen) atoms. The molecule has 0 radical (unpaired) electrons. The summed E-state index contributed by atoms with van der Waals surface area (Å²) >= 11 is 3.24. The molecule has 0 aliphatic heterocycles. The smallest absolute Gasteiger partial charge is 0.293 e. The zero-order chi connectivity index (χ0) is 13.7. The van der Waals surface area contributed by atoms with Gasteiger partial charge in [-0.3, -0.25) is 10.1 Å². The highest BCUT2D eigenvalue weighted by Crippen LogP contribution is 2.27. The fourth-order valence-corrected chi connectivity index (χ4v) is 2.14. The van der Waals surface area contributed by atoms with E-state index in [9.17, 15) is 10.1 Å². The van der Waals surface area contributed by atoms with Crippen molar-refractivity contribution in [1.82, 2.24) is 0 Å². The highest BCUT2D eigenvalue weighted by Gasteiger charge is 2.13. The first kappa shape index (κ1) is 13.5. The van der Waals surface area contributed by atoms with Gasteiger partial charge in [0.05, 0.1) is 4.92 Å². The Bertz CT molecular complexity index is 573. The van der Waals surface area contributed by atoms with Gasteiger partial charge in [-0.2, -0.15) is 0 Å². The third-order valence-electron chi connectivity index (χ3n) is 2.73. The van der Waals surface area contributed by atoms with Crippen molar-refractivity contribution in [3.8, 4) is 0 Å². The Hall–Kier alpha value is -1.88. The molecule has 4 nitrogen and oxygen atoms in total. The highest BCUT2D eigenvalue weighted by atomic mass is 79.9. The van der Waals surface area contributed by atoms with E-state index < -0.39 is 0 Å². The van der Waals surface area contributed by atoms with Crippen molar-refractivity contribution in [2.24, 2.45) is 0 Å². The molecular formula is C14H13BrN2O2. The predicted molar refractivity (Wildman–Crippen MR) is 79.4 cm³/mol. The molecule has 0 aliphatic rings. The van der Waals surface area contributed by atoms with Crippen LogP contribution in [0, 0.1) is 10.1 Å². The Morgan fingerprint density at radius 3 is 2.58 bits per heavy atom. The van der Waals surface area contributed by atoms with Crippen molar-refractivity contribution in [1.29, 1.82) is 0 Å². The first-order chi connectivity index (χ1) is 9.16. The molecule has 2 aromatic rings. The van der Waals surface area contributed by atoms with Crippen LogP contribution >= 0.6 is 15.9 Å². The van der Waals surface area contributed by atoms with Gasteiger partial charge in [-0.25, -0.2) is 0 Å². The SMILES string of the molecule is O=[N+]([O-])c1cc(Br)ccc1NCCc1ccccc1. The van der Waals surface area contributed by atoms with Crippen molar-refractivity contribution in [2.45, 2.75) is 6.42 Å². The van der Waals surface area contributed by atoms with Crippen molar-refractivity contribution >= 4 is 27.3 Å². The monoisotopic (exact) mass is 320 g/mol. The van der Waals surface area contributed by atoms with E-state index in [4.69, 9.17) is 0 Å². The van der Waals surface area contributed by atoms with Gasteiger partial charge in [-0.15, -0.1) is 0 Å². The van der Waals surface area contributed by atoms with E-state index in [0.29, 0.717) is 16.7 Å². The summed E-state index contributed by atoms with van der Waals surface area (Å²) in [6.45, 7) is 0.659. The van der Waals surface area contributed by atoms with Crippen molar-refractivity contribution < 1.29 is 4.92 Å². The van der Waals surface area contributed by atoms with Crippen LogP contribution in [0.1, 0.15) is 5.56 Å². The second-order valence-corrected chi connectivity index (χ2v) is 5.00. The molecule has 0 aromatic heterocycles. The Labute approximate surface area is 119 Å². The van der Waals surface area contributed by atoms with E-state index >= 15 is 0 Å². The molecule has 0 saturated heterocycles. The van der Waals surface area contributed by atoms with Crippen LogP contribution in [0.25, 0.3) is 0 Å². The molecule has 0 unspecified atom stereocenters. The number of nitro groups is 1.